The van der Waals surface area contributed by atoms with Crippen LogP contribution in [0, 0.1) is 5.82 Å². The molecule has 1 heterocycles. The molecule has 2 rings (SSSR count). The van der Waals surface area contributed by atoms with Gasteiger partial charge in [0.05, 0.1) is 12.8 Å². The lowest BCUT2D eigenvalue weighted by molar-refractivity contribution is 0.0595. The highest BCUT2D eigenvalue weighted by Crippen LogP contribution is 2.28. The van der Waals surface area contributed by atoms with Crippen LogP contribution in [0.4, 0.5) is 15.2 Å². The predicted molar refractivity (Wildman–Crippen MR) is 67.9 cm³/mol. The fourth-order valence-electron chi connectivity index (χ4n) is 1.44. The third-order valence-corrected chi connectivity index (χ3v) is 3.30. The van der Waals surface area contributed by atoms with E-state index in [1.165, 1.54) is 24.5 Å². The minimum Gasteiger partial charge on any atom is -0.464 e. The zero-order valence-corrected chi connectivity index (χ0v) is 10.7. The van der Waals surface area contributed by atoms with E-state index in [1.54, 1.807) is 35.5 Å². The van der Waals surface area contributed by atoms with Crippen molar-refractivity contribution in [3.8, 4) is 0 Å². The van der Waals surface area contributed by atoms with E-state index < -0.39 is 5.97 Å². The summed E-state index contributed by atoms with van der Waals surface area (Å²) in [6.45, 7) is 0. The largest absolute Gasteiger partial charge is 0.464 e. The summed E-state index contributed by atoms with van der Waals surface area (Å²) < 4.78 is 18.2. The molecule has 0 saturated carbocycles. The maximum atomic E-state index is 13.6. The highest BCUT2D eigenvalue weighted by molar-refractivity contribution is 7.14. The summed E-state index contributed by atoms with van der Waals surface area (Å²) >= 11 is 1.25. The molecule has 0 amide bonds. The van der Waals surface area contributed by atoms with E-state index in [0.29, 0.717) is 10.8 Å². The summed E-state index contributed by atoms with van der Waals surface area (Å²) in [5, 5.41) is 2.11. The van der Waals surface area contributed by atoms with Crippen LogP contribution in [0.15, 0.2) is 29.6 Å². The van der Waals surface area contributed by atoms with Gasteiger partial charge in [0.15, 0.2) is 10.8 Å². The number of hydrogen-bond acceptors (Lipinski definition) is 5. The van der Waals surface area contributed by atoms with Crippen LogP contribution in [-0.4, -0.2) is 25.1 Å². The molecule has 1 aromatic heterocycles. The van der Waals surface area contributed by atoms with Crippen molar-refractivity contribution in [3.63, 3.8) is 0 Å². The van der Waals surface area contributed by atoms with E-state index in [-0.39, 0.29) is 11.5 Å². The number of aromatic nitrogens is 1. The van der Waals surface area contributed by atoms with E-state index >= 15 is 0 Å². The molecule has 2 aromatic rings. The van der Waals surface area contributed by atoms with Gasteiger partial charge < -0.3 is 9.64 Å². The van der Waals surface area contributed by atoms with E-state index in [9.17, 15) is 9.18 Å². The zero-order valence-electron chi connectivity index (χ0n) is 9.88. The smallest absolute Gasteiger partial charge is 0.357 e. The molecule has 18 heavy (non-hydrogen) atoms. The number of thiazole rings is 1. The van der Waals surface area contributed by atoms with Crippen LogP contribution >= 0.6 is 11.3 Å². The van der Waals surface area contributed by atoms with Gasteiger partial charge in [0.2, 0.25) is 0 Å². The molecule has 94 valence electrons. The van der Waals surface area contributed by atoms with Crippen molar-refractivity contribution in [1.82, 2.24) is 4.98 Å². The number of nitrogens with zero attached hydrogens (tertiary/aromatic N) is 2. The van der Waals surface area contributed by atoms with Gasteiger partial charge in [-0.25, -0.2) is 14.2 Å². The van der Waals surface area contributed by atoms with Gasteiger partial charge in [-0.3, -0.25) is 0 Å². The summed E-state index contributed by atoms with van der Waals surface area (Å²) in [5.74, 6) is -0.839. The lowest BCUT2D eigenvalue weighted by Crippen LogP contribution is -2.11. The second kappa shape index (κ2) is 5.14. The molecular formula is C12H11FN2O2S. The zero-order chi connectivity index (χ0) is 13.1. The van der Waals surface area contributed by atoms with Gasteiger partial charge in [0.25, 0.3) is 0 Å². The Hall–Kier alpha value is -1.95. The molecule has 0 radical (unpaired) electrons. The van der Waals surface area contributed by atoms with Crippen molar-refractivity contribution in [1.29, 1.82) is 0 Å². The molecular weight excluding hydrogens is 255 g/mol. The summed E-state index contributed by atoms with van der Waals surface area (Å²) in [6, 6.07) is 6.38. The summed E-state index contributed by atoms with van der Waals surface area (Å²) in [6.07, 6.45) is 0. The van der Waals surface area contributed by atoms with Crippen molar-refractivity contribution >= 4 is 28.1 Å². The first kappa shape index (κ1) is 12.5. The SMILES string of the molecule is COC(=O)c1csc(N(C)c2ccccc2F)n1. The number of halogens is 1. The third kappa shape index (κ3) is 2.33. The second-order valence-corrected chi connectivity index (χ2v) is 4.35. The van der Waals surface area contributed by atoms with Crippen molar-refractivity contribution < 1.29 is 13.9 Å². The highest BCUT2D eigenvalue weighted by atomic mass is 32.1. The molecule has 0 aliphatic heterocycles. The van der Waals surface area contributed by atoms with Crippen LogP contribution in [-0.2, 0) is 4.74 Å². The molecule has 1 aromatic carbocycles. The van der Waals surface area contributed by atoms with Crippen LogP contribution in [0.5, 0.6) is 0 Å². The normalized spacial score (nSPS) is 10.2. The van der Waals surface area contributed by atoms with Crippen molar-refractivity contribution in [2.75, 3.05) is 19.1 Å². The van der Waals surface area contributed by atoms with Gasteiger partial charge >= 0.3 is 5.97 Å². The maximum Gasteiger partial charge on any atom is 0.357 e. The molecule has 0 atom stereocenters. The predicted octanol–water partition coefficient (Wildman–Crippen LogP) is 2.84. The van der Waals surface area contributed by atoms with Crippen molar-refractivity contribution in [2.45, 2.75) is 0 Å². The number of ether oxygens (including phenoxy) is 1. The third-order valence-electron chi connectivity index (χ3n) is 2.39. The molecule has 4 nitrogen and oxygen atoms in total. The number of carbonyl (C=O) groups is 1. The van der Waals surface area contributed by atoms with Gasteiger partial charge in [0.1, 0.15) is 5.82 Å². The molecule has 0 fully saturated rings. The van der Waals surface area contributed by atoms with Crippen LogP contribution in [0.1, 0.15) is 10.5 Å². The Morgan fingerprint density at radius 1 is 1.44 bits per heavy atom. The Morgan fingerprint density at radius 3 is 2.83 bits per heavy atom. The average molecular weight is 266 g/mol. The Kier molecular flexibility index (Phi) is 3.57. The first-order valence-electron chi connectivity index (χ1n) is 5.15. The van der Waals surface area contributed by atoms with Crippen LogP contribution in [0.3, 0.4) is 0 Å². The fraction of sp³-hybridized carbons (Fsp3) is 0.167. The number of esters is 1. The standard InChI is InChI=1S/C12H11FN2O2S/c1-15(10-6-4-3-5-8(10)13)12-14-9(7-18-12)11(16)17-2/h3-7H,1-2H3. The number of benzene rings is 1. The molecule has 0 aliphatic carbocycles. The first-order valence-corrected chi connectivity index (χ1v) is 6.03. The maximum absolute atomic E-state index is 13.6. The fourth-order valence-corrected chi connectivity index (χ4v) is 2.22. The van der Waals surface area contributed by atoms with Gasteiger partial charge in [-0.05, 0) is 12.1 Å². The molecule has 0 spiro atoms. The topological polar surface area (TPSA) is 42.4 Å². The van der Waals surface area contributed by atoms with Gasteiger partial charge in [-0.15, -0.1) is 11.3 Å². The number of carbonyl (C=O) groups excluding carboxylic acids is 1. The van der Waals surface area contributed by atoms with Crippen LogP contribution in [0.25, 0.3) is 0 Å². The second-order valence-electron chi connectivity index (χ2n) is 3.52. The van der Waals surface area contributed by atoms with Gasteiger partial charge in [0, 0.05) is 12.4 Å². The number of rotatable bonds is 3. The monoisotopic (exact) mass is 266 g/mol. The number of para-hydroxylation sites is 1. The van der Waals surface area contributed by atoms with E-state index in [1.807, 2.05) is 0 Å². The van der Waals surface area contributed by atoms with E-state index in [4.69, 9.17) is 0 Å². The van der Waals surface area contributed by atoms with Crippen molar-refractivity contribution in [2.24, 2.45) is 0 Å². The lowest BCUT2D eigenvalue weighted by atomic mass is 10.3. The van der Waals surface area contributed by atoms with Crippen molar-refractivity contribution in [3.05, 3.63) is 41.2 Å². The van der Waals surface area contributed by atoms with Gasteiger partial charge in [-0.2, -0.15) is 0 Å². The quantitative estimate of drug-likeness (QED) is 0.801. The Balaban J connectivity index is 2.29. The molecule has 0 unspecified atom stereocenters. The molecule has 6 heteroatoms. The van der Waals surface area contributed by atoms with Crippen LogP contribution < -0.4 is 4.90 Å². The molecule has 0 saturated heterocycles. The Bertz CT molecular complexity index is 571. The summed E-state index contributed by atoms with van der Waals surface area (Å²) in [5.41, 5.74) is 0.629. The summed E-state index contributed by atoms with van der Waals surface area (Å²) in [7, 11) is 2.99. The highest BCUT2D eigenvalue weighted by Gasteiger charge is 2.15. The van der Waals surface area contributed by atoms with Crippen LogP contribution in [0.2, 0.25) is 0 Å². The summed E-state index contributed by atoms with van der Waals surface area (Å²) in [4.78, 5) is 17.0. The minimum absolute atomic E-state index is 0.223. The number of anilines is 2. The van der Waals surface area contributed by atoms with E-state index in [2.05, 4.69) is 9.72 Å². The lowest BCUT2D eigenvalue weighted by Gasteiger charge is -2.16. The number of methoxy groups -OCH3 is 1. The number of hydrogen-bond donors (Lipinski definition) is 0. The first-order chi connectivity index (χ1) is 8.63. The minimum atomic E-state index is -0.501. The Labute approximate surface area is 108 Å². The molecule has 0 N–H and O–H groups in total. The Morgan fingerprint density at radius 2 is 2.17 bits per heavy atom. The van der Waals surface area contributed by atoms with Gasteiger partial charge in [-0.1, -0.05) is 12.1 Å². The molecule has 0 aliphatic rings. The molecule has 0 bridgehead atoms. The van der Waals surface area contributed by atoms with E-state index in [0.717, 1.165) is 0 Å². The average Bonchev–Trinajstić information content (AvgIpc) is 2.87.